The fourth-order valence-electron chi connectivity index (χ4n) is 1.26. The summed E-state index contributed by atoms with van der Waals surface area (Å²) < 4.78 is 4.59. The van der Waals surface area contributed by atoms with Crippen LogP contribution in [0.5, 0.6) is 0 Å². The number of ether oxygens (including phenoxy) is 1. The van der Waals surface area contributed by atoms with Crippen LogP contribution in [0.2, 0.25) is 0 Å². The fraction of sp³-hybridized carbons (Fsp3) is 0.500. The zero-order valence-corrected chi connectivity index (χ0v) is 11.0. The van der Waals surface area contributed by atoms with E-state index in [2.05, 4.69) is 22.0 Å². The van der Waals surface area contributed by atoms with Crippen LogP contribution in [0.1, 0.15) is 18.9 Å². The van der Waals surface area contributed by atoms with Gasteiger partial charge in [-0.25, -0.2) is 4.98 Å². The summed E-state index contributed by atoms with van der Waals surface area (Å²) in [6.45, 7) is 3.02. The molecule has 1 aromatic rings. The second-order valence-electron chi connectivity index (χ2n) is 3.51. The number of hydrogen-bond acceptors (Lipinski definition) is 5. The Kier molecular flexibility index (Phi) is 6.47. The van der Waals surface area contributed by atoms with Crippen LogP contribution in [-0.4, -0.2) is 30.4 Å². The molecule has 0 fully saturated rings. The van der Waals surface area contributed by atoms with Gasteiger partial charge in [0.05, 0.1) is 12.9 Å². The van der Waals surface area contributed by atoms with Gasteiger partial charge >= 0.3 is 5.97 Å². The monoisotopic (exact) mass is 254 g/mol. The maximum absolute atomic E-state index is 11.0. The molecule has 94 valence electrons. The Hall–Kier alpha value is -1.23. The number of hydrogen-bond donors (Lipinski definition) is 1. The maximum Gasteiger partial charge on any atom is 0.315 e. The lowest BCUT2D eigenvalue weighted by molar-refractivity contribution is -0.137. The zero-order chi connectivity index (χ0) is 12.5. The Bertz CT molecular complexity index is 358. The minimum Gasteiger partial charge on any atom is -0.468 e. The molecule has 0 aliphatic heterocycles. The highest BCUT2D eigenvalue weighted by atomic mass is 32.2. The average molecular weight is 254 g/mol. The Morgan fingerprint density at radius 3 is 3.12 bits per heavy atom. The zero-order valence-electron chi connectivity index (χ0n) is 10.2. The van der Waals surface area contributed by atoms with Crippen molar-refractivity contribution in [2.75, 3.05) is 24.7 Å². The smallest absolute Gasteiger partial charge is 0.315 e. The molecule has 4 nitrogen and oxygen atoms in total. The predicted octanol–water partition coefficient (Wildman–Crippen LogP) is 2.31. The first kappa shape index (κ1) is 13.8. The van der Waals surface area contributed by atoms with Crippen molar-refractivity contribution < 1.29 is 9.53 Å². The van der Waals surface area contributed by atoms with Gasteiger partial charge in [-0.3, -0.25) is 4.79 Å². The molecule has 0 aliphatic rings. The average Bonchev–Trinajstić information content (AvgIpc) is 2.37. The minimum absolute atomic E-state index is 0.193. The molecule has 0 bridgehead atoms. The van der Waals surface area contributed by atoms with E-state index < -0.39 is 0 Å². The topological polar surface area (TPSA) is 51.2 Å². The predicted molar refractivity (Wildman–Crippen MR) is 71.2 cm³/mol. The number of esters is 1. The quantitative estimate of drug-likeness (QED) is 0.757. The number of nitrogens with zero attached hydrogens (tertiary/aromatic N) is 1. The summed E-state index contributed by atoms with van der Waals surface area (Å²) in [5.41, 5.74) is 1.12. The van der Waals surface area contributed by atoms with Gasteiger partial charge in [-0.2, -0.15) is 0 Å². The molecule has 0 spiro atoms. The molecule has 0 unspecified atom stereocenters. The Balaban J connectivity index is 2.48. The first-order valence-electron chi connectivity index (χ1n) is 5.60. The van der Waals surface area contributed by atoms with Gasteiger partial charge in [-0.05, 0) is 12.5 Å². The molecule has 1 N–H and O–H groups in total. The summed E-state index contributed by atoms with van der Waals surface area (Å²) in [4.78, 5) is 15.3. The Labute approximate surface area is 106 Å². The highest BCUT2D eigenvalue weighted by molar-refractivity contribution is 7.99. The lowest BCUT2D eigenvalue weighted by Gasteiger charge is -2.09. The second kappa shape index (κ2) is 7.95. The number of nitrogens with one attached hydrogen (secondary N) is 1. The van der Waals surface area contributed by atoms with E-state index in [4.69, 9.17) is 0 Å². The number of methoxy groups -OCH3 is 1. The number of pyridine rings is 1. The molecule has 0 atom stereocenters. The van der Waals surface area contributed by atoms with Crippen LogP contribution in [0.15, 0.2) is 18.3 Å². The molecular formula is C12H18N2O2S. The molecule has 0 saturated heterocycles. The fourth-order valence-corrected chi connectivity index (χ4v) is 2.10. The number of aromatic nitrogens is 1. The van der Waals surface area contributed by atoms with E-state index in [1.165, 1.54) is 18.9 Å². The minimum atomic E-state index is -0.193. The molecule has 0 saturated carbocycles. The SMILES string of the molecule is CCCNc1ncccc1CSCC(=O)OC. The van der Waals surface area contributed by atoms with Gasteiger partial charge in [0.15, 0.2) is 0 Å². The molecular weight excluding hydrogens is 236 g/mol. The van der Waals surface area contributed by atoms with Gasteiger partial charge < -0.3 is 10.1 Å². The van der Waals surface area contributed by atoms with Gasteiger partial charge in [-0.1, -0.05) is 13.0 Å². The van der Waals surface area contributed by atoms with Crippen molar-refractivity contribution >= 4 is 23.5 Å². The maximum atomic E-state index is 11.0. The van der Waals surface area contributed by atoms with E-state index in [9.17, 15) is 4.79 Å². The lowest BCUT2D eigenvalue weighted by Crippen LogP contribution is -2.06. The van der Waals surface area contributed by atoms with E-state index in [1.54, 1.807) is 6.20 Å². The second-order valence-corrected chi connectivity index (χ2v) is 4.49. The molecule has 0 radical (unpaired) electrons. The van der Waals surface area contributed by atoms with E-state index in [1.807, 2.05) is 12.1 Å². The van der Waals surface area contributed by atoms with Gasteiger partial charge in [0.1, 0.15) is 5.82 Å². The third-order valence-electron chi connectivity index (χ3n) is 2.14. The van der Waals surface area contributed by atoms with Crippen molar-refractivity contribution in [1.82, 2.24) is 4.98 Å². The molecule has 0 amide bonds. The molecule has 0 aromatic carbocycles. The number of thioether (sulfide) groups is 1. The molecule has 1 aromatic heterocycles. The summed E-state index contributed by atoms with van der Waals surface area (Å²) in [5.74, 6) is 1.85. The number of rotatable bonds is 7. The third-order valence-corrected chi connectivity index (χ3v) is 3.09. The van der Waals surface area contributed by atoms with Crippen molar-refractivity contribution in [2.24, 2.45) is 0 Å². The van der Waals surface area contributed by atoms with Crippen LogP contribution in [0, 0.1) is 0 Å². The molecule has 1 rings (SSSR count). The van der Waals surface area contributed by atoms with Gasteiger partial charge in [-0.15, -0.1) is 11.8 Å². The molecule has 17 heavy (non-hydrogen) atoms. The molecule has 5 heteroatoms. The number of carbonyl (C=O) groups excluding carboxylic acids is 1. The Morgan fingerprint density at radius 2 is 2.41 bits per heavy atom. The lowest BCUT2D eigenvalue weighted by atomic mass is 10.3. The standard InChI is InChI=1S/C12H18N2O2S/c1-3-6-13-12-10(5-4-7-14-12)8-17-9-11(15)16-2/h4-5,7H,3,6,8-9H2,1-2H3,(H,13,14). The van der Waals surface area contributed by atoms with Gasteiger partial charge in [0.25, 0.3) is 0 Å². The van der Waals surface area contributed by atoms with E-state index in [0.717, 1.165) is 30.1 Å². The summed E-state index contributed by atoms with van der Waals surface area (Å²) in [6, 6.07) is 3.93. The first-order valence-corrected chi connectivity index (χ1v) is 6.75. The van der Waals surface area contributed by atoms with Crippen LogP contribution >= 0.6 is 11.8 Å². The summed E-state index contributed by atoms with van der Waals surface area (Å²) in [6.07, 6.45) is 2.83. The van der Waals surface area contributed by atoms with Crippen LogP contribution in [0.25, 0.3) is 0 Å². The largest absolute Gasteiger partial charge is 0.468 e. The summed E-state index contributed by atoms with van der Waals surface area (Å²) >= 11 is 1.53. The first-order chi connectivity index (χ1) is 8.27. The summed E-state index contributed by atoms with van der Waals surface area (Å²) in [5, 5.41) is 3.27. The van der Waals surface area contributed by atoms with Crippen LogP contribution in [0.3, 0.4) is 0 Å². The van der Waals surface area contributed by atoms with E-state index in [0.29, 0.717) is 5.75 Å². The van der Waals surface area contributed by atoms with E-state index in [-0.39, 0.29) is 5.97 Å². The van der Waals surface area contributed by atoms with Crippen LogP contribution < -0.4 is 5.32 Å². The number of anilines is 1. The van der Waals surface area contributed by atoms with Crippen LogP contribution in [0.4, 0.5) is 5.82 Å². The van der Waals surface area contributed by atoms with Gasteiger partial charge in [0.2, 0.25) is 0 Å². The van der Waals surface area contributed by atoms with Crippen molar-refractivity contribution in [3.8, 4) is 0 Å². The van der Waals surface area contributed by atoms with Crippen molar-refractivity contribution in [3.05, 3.63) is 23.9 Å². The molecule has 1 heterocycles. The highest BCUT2D eigenvalue weighted by Gasteiger charge is 2.05. The Morgan fingerprint density at radius 1 is 1.59 bits per heavy atom. The van der Waals surface area contributed by atoms with Crippen molar-refractivity contribution in [1.29, 1.82) is 0 Å². The van der Waals surface area contributed by atoms with Crippen LogP contribution in [-0.2, 0) is 15.3 Å². The molecule has 0 aliphatic carbocycles. The van der Waals surface area contributed by atoms with Crippen molar-refractivity contribution in [3.63, 3.8) is 0 Å². The third kappa shape index (κ3) is 5.08. The van der Waals surface area contributed by atoms with Gasteiger partial charge in [0, 0.05) is 24.1 Å². The van der Waals surface area contributed by atoms with E-state index >= 15 is 0 Å². The summed E-state index contributed by atoms with van der Waals surface area (Å²) in [7, 11) is 1.40. The van der Waals surface area contributed by atoms with Crippen molar-refractivity contribution in [2.45, 2.75) is 19.1 Å². The highest BCUT2D eigenvalue weighted by Crippen LogP contribution is 2.18. The number of carbonyl (C=O) groups is 1. The normalized spacial score (nSPS) is 10.0.